The highest BCUT2D eigenvalue weighted by Gasteiger charge is 2.21. The van der Waals surface area contributed by atoms with Gasteiger partial charge in [-0.25, -0.2) is 4.98 Å². The molecular formula is C21H23N5O. The van der Waals surface area contributed by atoms with Crippen molar-refractivity contribution in [1.82, 2.24) is 20.1 Å². The average molecular weight is 361 g/mol. The highest BCUT2D eigenvalue weighted by molar-refractivity contribution is 5.92. The zero-order chi connectivity index (χ0) is 18.5. The number of nitrogens with zero attached hydrogens (tertiary/aromatic N) is 3. The van der Waals surface area contributed by atoms with Crippen LogP contribution in [0, 0.1) is 0 Å². The molecule has 0 spiro atoms. The SMILES string of the molecule is O=C(CN1CCC(c2ccccc2)CC1)Nc1cccc(-c2ncn[nH]2)c1. The summed E-state index contributed by atoms with van der Waals surface area (Å²) >= 11 is 0. The number of amides is 1. The average Bonchev–Trinajstić information content (AvgIpc) is 3.24. The largest absolute Gasteiger partial charge is 0.325 e. The highest BCUT2D eigenvalue weighted by atomic mass is 16.2. The summed E-state index contributed by atoms with van der Waals surface area (Å²) in [4.78, 5) is 18.8. The molecule has 1 fully saturated rings. The van der Waals surface area contributed by atoms with Crippen LogP contribution in [-0.2, 0) is 4.79 Å². The van der Waals surface area contributed by atoms with E-state index in [1.807, 2.05) is 24.3 Å². The quantitative estimate of drug-likeness (QED) is 0.731. The van der Waals surface area contributed by atoms with Gasteiger partial charge in [-0.15, -0.1) is 0 Å². The number of aromatic nitrogens is 3. The molecule has 0 saturated carbocycles. The molecule has 4 rings (SSSR count). The number of hydrogen-bond acceptors (Lipinski definition) is 4. The summed E-state index contributed by atoms with van der Waals surface area (Å²) in [5.41, 5.74) is 3.08. The molecule has 3 aromatic rings. The molecule has 2 heterocycles. The van der Waals surface area contributed by atoms with E-state index >= 15 is 0 Å². The number of carbonyl (C=O) groups is 1. The fourth-order valence-electron chi connectivity index (χ4n) is 3.64. The van der Waals surface area contributed by atoms with E-state index in [9.17, 15) is 4.79 Å². The van der Waals surface area contributed by atoms with Crippen LogP contribution in [0.4, 0.5) is 5.69 Å². The van der Waals surface area contributed by atoms with E-state index in [0.717, 1.165) is 37.2 Å². The first-order valence-electron chi connectivity index (χ1n) is 9.31. The molecule has 138 valence electrons. The first-order chi connectivity index (χ1) is 13.3. The van der Waals surface area contributed by atoms with Gasteiger partial charge in [0.2, 0.25) is 5.91 Å². The normalized spacial score (nSPS) is 15.6. The Balaban J connectivity index is 1.30. The van der Waals surface area contributed by atoms with E-state index in [4.69, 9.17) is 0 Å². The predicted octanol–water partition coefficient (Wildman–Crippen LogP) is 3.29. The molecule has 1 aliphatic heterocycles. The summed E-state index contributed by atoms with van der Waals surface area (Å²) < 4.78 is 0. The minimum atomic E-state index is 0.0166. The number of hydrogen-bond donors (Lipinski definition) is 2. The van der Waals surface area contributed by atoms with E-state index in [2.05, 4.69) is 55.7 Å². The van der Waals surface area contributed by atoms with Gasteiger partial charge in [0, 0.05) is 11.3 Å². The highest BCUT2D eigenvalue weighted by Crippen LogP contribution is 2.27. The number of aromatic amines is 1. The molecule has 27 heavy (non-hydrogen) atoms. The van der Waals surface area contributed by atoms with Gasteiger partial charge in [0.1, 0.15) is 6.33 Å². The van der Waals surface area contributed by atoms with Crippen molar-refractivity contribution in [2.45, 2.75) is 18.8 Å². The first kappa shape index (κ1) is 17.4. The fourth-order valence-corrected chi connectivity index (χ4v) is 3.64. The minimum absolute atomic E-state index is 0.0166. The summed E-state index contributed by atoms with van der Waals surface area (Å²) in [6.45, 7) is 2.32. The van der Waals surface area contributed by atoms with Crippen LogP contribution in [-0.4, -0.2) is 45.6 Å². The number of carbonyl (C=O) groups excluding carboxylic acids is 1. The molecule has 1 saturated heterocycles. The van der Waals surface area contributed by atoms with Crippen molar-refractivity contribution in [3.05, 3.63) is 66.5 Å². The summed E-state index contributed by atoms with van der Waals surface area (Å²) in [5, 5.41) is 9.69. The van der Waals surface area contributed by atoms with Crippen LogP contribution in [0.3, 0.4) is 0 Å². The van der Waals surface area contributed by atoms with Crippen LogP contribution < -0.4 is 5.32 Å². The lowest BCUT2D eigenvalue weighted by molar-refractivity contribution is -0.117. The Morgan fingerprint density at radius 2 is 1.93 bits per heavy atom. The monoisotopic (exact) mass is 361 g/mol. The van der Waals surface area contributed by atoms with E-state index < -0.39 is 0 Å². The summed E-state index contributed by atoms with van der Waals surface area (Å²) in [6.07, 6.45) is 3.66. The maximum Gasteiger partial charge on any atom is 0.238 e. The van der Waals surface area contributed by atoms with Gasteiger partial charge in [0.15, 0.2) is 5.82 Å². The standard InChI is InChI=1S/C21H23N5O/c27-20(24-19-8-4-7-18(13-19)21-22-15-23-25-21)14-26-11-9-17(10-12-26)16-5-2-1-3-6-16/h1-8,13,15,17H,9-12,14H2,(H,24,27)(H,22,23,25). The van der Waals surface area contributed by atoms with Crippen molar-refractivity contribution in [3.63, 3.8) is 0 Å². The van der Waals surface area contributed by atoms with Gasteiger partial charge >= 0.3 is 0 Å². The Morgan fingerprint density at radius 1 is 1.11 bits per heavy atom. The Labute approximate surface area is 158 Å². The van der Waals surface area contributed by atoms with Gasteiger partial charge < -0.3 is 5.32 Å². The molecule has 0 atom stereocenters. The topological polar surface area (TPSA) is 73.9 Å². The molecule has 6 nitrogen and oxygen atoms in total. The van der Waals surface area contributed by atoms with Crippen LogP contribution in [0.2, 0.25) is 0 Å². The summed E-state index contributed by atoms with van der Waals surface area (Å²) in [6, 6.07) is 18.3. The van der Waals surface area contributed by atoms with E-state index in [0.29, 0.717) is 18.3 Å². The first-order valence-corrected chi connectivity index (χ1v) is 9.31. The number of likely N-dealkylation sites (tertiary alicyclic amines) is 1. The fraction of sp³-hybridized carbons (Fsp3) is 0.286. The van der Waals surface area contributed by atoms with Crippen molar-refractivity contribution in [2.24, 2.45) is 0 Å². The zero-order valence-electron chi connectivity index (χ0n) is 15.1. The van der Waals surface area contributed by atoms with Crippen molar-refractivity contribution in [1.29, 1.82) is 0 Å². The van der Waals surface area contributed by atoms with Gasteiger partial charge in [-0.05, 0) is 49.5 Å². The molecule has 2 N–H and O–H groups in total. The minimum Gasteiger partial charge on any atom is -0.325 e. The molecule has 1 aromatic heterocycles. The molecular weight excluding hydrogens is 338 g/mol. The third-order valence-electron chi connectivity index (χ3n) is 5.06. The van der Waals surface area contributed by atoms with Crippen LogP contribution in [0.25, 0.3) is 11.4 Å². The van der Waals surface area contributed by atoms with Crippen LogP contribution in [0.5, 0.6) is 0 Å². The third kappa shape index (κ3) is 4.41. The number of rotatable bonds is 5. The second kappa shape index (κ2) is 8.14. The van der Waals surface area contributed by atoms with Gasteiger partial charge in [0.05, 0.1) is 6.54 Å². The molecule has 0 bridgehead atoms. The maximum atomic E-state index is 12.4. The van der Waals surface area contributed by atoms with Crippen LogP contribution >= 0.6 is 0 Å². The molecule has 1 aliphatic rings. The number of benzene rings is 2. The second-order valence-corrected chi connectivity index (χ2v) is 6.92. The van der Waals surface area contributed by atoms with E-state index in [1.54, 1.807) is 0 Å². The van der Waals surface area contributed by atoms with E-state index in [1.165, 1.54) is 11.9 Å². The molecule has 0 unspecified atom stereocenters. The van der Waals surface area contributed by atoms with Crippen molar-refractivity contribution >= 4 is 11.6 Å². The Hall–Kier alpha value is -2.99. The Morgan fingerprint density at radius 3 is 2.67 bits per heavy atom. The molecule has 2 aromatic carbocycles. The predicted molar refractivity (Wildman–Crippen MR) is 105 cm³/mol. The van der Waals surface area contributed by atoms with Gasteiger partial charge in [-0.2, -0.15) is 5.10 Å². The Bertz CT molecular complexity index is 871. The molecule has 1 amide bonds. The summed E-state index contributed by atoms with van der Waals surface area (Å²) in [7, 11) is 0. The Kier molecular flexibility index (Phi) is 5.25. The molecule has 0 radical (unpaired) electrons. The van der Waals surface area contributed by atoms with Crippen molar-refractivity contribution in [3.8, 4) is 11.4 Å². The maximum absolute atomic E-state index is 12.4. The van der Waals surface area contributed by atoms with Gasteiger partial charge in [0.25, 0.3) is 0 Å². The van der Waals surface area contributed by atoms with E-state index in [-0.39, 0.29) is 5.91 Å². The van der Waals surface area contributed by atoms with Crippen LogP contribution in [0.1, 0.15) is 24.3 Å². The van der Waals surface area contributed by atoms with Crippen molar-refractivity contribution in [2.75, 3.05) is 25.0 Å². The van der Waals surface area contributed by atoms with Crippen LogP contribution in [0.15, 0.2) is 60.9 Å². The zero-order valence-corrected chi connectivity index (χ0v) is 15.1. The lowest BCUT2D eigenvalue weighted by atomic mass is 9.89. The summed E-state index contributed by atoms with van der Waals surface area (Å²) in [5.74, 6) is 1.31. The number of anilines is 1. The number of nitrogens with one attached hydrogen (secondary N) is 2. The lowest BCUT2D eigenvalue weighted by Crippen LogP contribution is -2.38. The smallest absolute Gasteiger partial charge is 0.238 e. The second-order valence-electron chi connectivity index (χ2n) is 6.92. The molecule has 0 aliphatic carbocycles. The number of H-pyrrole nitrogens is 1. The van der Waals surface area contributed by atoms with Crippen molar-refractivity contribution < 1.29 is 4.79 Å². The van der Waals surface area contributed by atoms with Gasteiger partial charge in [-0.3, -0.25) is 14.8 Å². The lowest BCUT2D eigenvalue weighted by Gasteiger charge is -2.31. The molecule has 6 heteroatoms. The number of piperidine rings is 1. The van der Waals surface area contributed by atoms with Gasteiger partial charge in [-0.1, -0.05) is 42.5 Å². The third-order valence-corrected chi connectivity index (χ3v) is 5.06.